The Morgan fingerprint density at radius 3 is 2.67 bits per heavy atom. The number of carbonyl (C=O) groups excluding carboxylic acids is 1. The van der Waals surface area contributed by atoms with Gasteiger partial charge in [-0.15, -0.1) is 0 Å². The van der Waals surface area contributed by atoms with E-state index in [2.05, 4.69) is 32.5 Å². The van der Waals surface area contributed by atoms with Crippen LogP contribution in [0.15, 0.2) is 79.1 Å². The number of imidazole rings is 1. The molecule has 1 aromatic carbocycles. The maximum atomic E-state index is 13.6. The average Bonchev–Trinajstić information content (AvgIpc) is 3.48. The van der Waals surface area contributed by atoms with E-state index < -0.39 is 0 Å². The van der Waals surface area contributed by atoms with Crippen molar-refractivity contribution in [1.29, 1.82) is 0 Å². The fraction of sp³-hybridized carbons (Fsp3) is 0.296. The van der Waals surface area contributed by atoms with Crippen LogP contribution in [-0.2, 0) is 13.1 Å². The summed E-state index contributed by atoms with van der Waals surface area (Å²) in [5, 5.41) is 0. The summed E-state index contributed by atoms with van der Waals surface area (Å²) < 4.78 is 2.10. The Bertz CT molecular complexity index is 1220. The Morgan fingerprint density at radius 2 is 1.88 bits per heavy atom. The fourth-order valence-corrected chi connectivity index (χ4v) is 4.74. The number of fused-ring (bicyclic) bond motifs is 1. The summed E-state index contributed by atoms with van der Waals surface area (Å²) in [6, 6.07) is 22.3. The van der Waals surface area contributed by atoms with Gasteiger partial charge in [-0.05, 0) is 56.1 Å². The second-order valence-electron chi connectivity index (χ2n) is 8.53. The van der Waals surface area contributed by atoms with Gasteiger partial charge < -0.3 is 9.30 Å². The topological polar surface area (TPSA) is 53.7 Å². The number of pyridine rings is 2. The molecule has 4 aromatic rings. The Labute approximate surface area is 194 Å². The lowest BCUT2D eigenvalue weighted by Gasteiger charge is -2.23. The number of aromatic nitrogens is 3. The molecular formula is C27H29N5O. The Kier molecular flexibility index (Phi) is 6.17. The van der Waals surface area contributed by atoms with Crippen molar-refractivity contribution in [2.45, 2.75) is 38.9 Å². The van der Waals surface area contributed by atoms with Crippen molar-refractivity contribution in [2.75, 3.05) is 13.1 Å². The minimum absolute atomic E-state index is 0.0226. The van der Waals surface area contributed by atoms with Crippen molar-refractivity contribution in [1.82, 2.24) is 24.2 Å². The Morgan fingerprint density at radius 1 is 1.06 bits per heavy atom. The molecule has 0 bridgehead atoms. The standard InChI is InChI=1S/C27H29N5O/c1-2-30(19-21-11-4-3-5-12-21)27(33)25-23-14-7-9-18-32(23)26(29-25)24-15-10-17-31(24)20-22-13-6-8-16-28-22/h3-9,11-14,16,18,24H,2,10,15,17,19-20H2,1H3. The van der Waals surface area contributed by atoms with E-state index in [0.717, 1.165) is 48.5 Å². The molecule has 4 heterocycles. The minimum atomic E-state index is -0.0226. The highest BCUT2D eigenvalue weighted by molar-refractivity contribution is 5.99. The molecule has 0 aliphatic carbocycles. The smallest absolute Gasteiger partial charge is 0.275 e. The van der Waals surface area contributed by atoms with Crippen molar-refractivity contribution >= 4 is 11.4 Å². The van der Waals surface area contributed by atoms with Crippen molar-refractivity contribution in [2.24, 2.45) is 0 Å². The summed E-state index contributed by atoms with van der Waals surface area (Å²) in [7, 11) is 0. The van der Waals surface area contributed by atoms with Crippen LogP contribution in [0.25, 0.3) is 5.52 Å². The summed E-state index contributed by atoms with van der Waals surface area (Å²) in [4.78, 5) is 27.4. The first-order valence-electron chi connectivity index (χ1n) is 11.7. The van der Waals surface area contributed by atoms with Crippen LogP contribution in [0.4, 0.5) is 0 Å². The number of carbonyl (C=O) groups is 1. The molecule has 1 aliphatic heterocycles. The third-order valence-corrected chi connectivity index (χ3v) is 6.42. The third kappa shape index (κ3) is 4.39. The molecule has 168 valence electrons. The summed E-state index contributed by atoms with van der Waals surface area (Å²) in [6.45, 7) is 5.01. The number of nitrogens with zero attached hydrogens (tertiary/aromatic N) is 5. The summed E-state index contributed by atoms with van der Waals surface area (Å²) in [6.07, 6.45) is 6.00. The predicted molar refractivity (Wildman–Crippen MR) is 129 cm³/mol. The summed E-state index contributed by atoms with van der Waals surface area (Å²) in [5.41, 5.74) is 3.58. The van der Waals surface area contributed by atoms with Gasteiger partial charge in [0.2, 0.25) is 0 Å². The molecular weight excluding hydrogens is 410 g/mol. The zero-order valence-electron chi connectivity index (χ0n) is 19.0. The Hall–Kier alpha value is -3.51. The third-order valence-electron chi connectivity index (χ3n) is 6.42. The average molecular weight is 440 g/mol. The fourth-order valence-electron chi connectivity index (χ4n) is 4.74. The predicted octanol–water partition coefficient (Wildman–Crippen LogP) is 4.73. The molecule has 1 saturated heterocycles. The molecule has 6 nitrogen and oxygen atoms in total. The van der Waals surface area contributed by atoms with E-state index in [0.29, 0.717) is 18.8 Å². The van der Waals surface area contributed by atoms with Crippen LogP contribution in [0.2, 0.25) is 0 Å². The first-order chi connectivity index (χ1) is 16.2. The van der Waals surface area contributed by atoms with Gasteiger partial charge in [0.1, 0.15) is 5.82 Å². The molecule has 1 aliphatic rings. The van der Waals surface area contributed by atoms with Crippen molar-refractivity contribution < 1.29 is 4.79 Å². The highest BCUT2D eigenvalue weighted by Gasteiger charge is 2.32. The molecule has 6 heteroatoms. The second kappa shape index (κ2) is 9.55. The van der Waals surface area contributed by atoms with E-state index in [1.807, 2.05) is 72.7 Å². The number of hydrogen-bond acceptors (Lipinski definition) is 4. The van der Waals surface area contributed by atoms with E-state index in [1.54, 1.807) is 0 Å². The molecule has 0 radical (unpaired) electrons. The van der Waals surface area contributed by atoms with E-state index in [4.69, 9.17) is 4.98 Å². The minimum Gasteiger partial charge on any atom is -0.333 e. The lowest BCUT2D eigenvalue weighted by molar-refractivity contribution is 0.0749. The first kappa shape index (κ1) is 21.3. The van der Waals surface area contributed by atoms with Crippen LogP contribution in [0.5, 0.6) is 0 Å². The van der Waals surface area contributed by atoms with Gasteiger partial charge in [-0.2, -0.15) is 0 Å². The highest BCUT2D eigenvalue weighted by Crippen LogP contribution is 2.33. The largest absolute Gasteiger partial charge is 0.333 e. The van der Waals surface area contributed by atoms with Crippen LogP contribution in [-0.4, -0.2) is 43.2 Å². The molecule has 1 atom stereocenters. The molecule has 0 N–H and O–H groups in total. The molecule has 33 heavy (non-hydrogen) atoms. The van der Waals surface area contributed by atoms with Gasteiger partial charge in [-0.3, -0.25) is 14.7 Å². The van der Waals surface area contributed by atoms with E-state index in [1.165, 1.54) is 0 Å². The zero-order chi connectivity index (χ0) is 22.6. The van der Waals surface area contributed by atoms with E-state index >= 15 is 0 Å². The molecule has 0 spiro atoms. The quantitative estimate of drug-likeness (QED) is 0.418. The SMILES string of the molecule is CCN(Cc1ccccc1)C(=O)c1nc(C2CCCN2Cc2ccccn2)n2ccccc12. The van der Waals surface area contributed by atoms with E-state index in [-0.39, 0.29) is 11.9 Å². The van der Waals surface area contributed by atoms with Crippen LogP contribution in [0.1, 0.15) is 53.4 Å². The Balaban J connectivity index is 1.47. The van der Waals surface area contributed by atoms with Crippen LogP contribution in [0.3, 0.4) is 0 Å². The monoisotopic (exact) mass is 439 g/mol. The normalized spacial score (nSPS) is 16.3. The van der Waals surface area contributed by atoms with Gasteiger partial charge in [0.15, 0.2) is 5.69 Å². The lowest BCUT2D eigenvalue weighted by atomic mass is 10.2. The van der Waals surface area contributed by atoms with Gasteiger partial charge in [-0.1, -0.05) is 42.5 Å². The number of benzene rings is 1. The van der Waals surface area contributed by atoms with Crippen LogP contribution in [0, 0.1) is 0 Å². The van der Waals surface area contributed by atoms with Gasteiger partial charge in [0, 0.05) is 32.0 Å². The number of likely N-dealkylation sites (tertiary alicyclic amines) is 1. The van der Waals surface area contributed by atoms with Crippen LogP contribution < -0.4 is 0 Å². The van der Waals surface area contributed by atoms with Gasteiger partial charge >= 0.3 is 0 Å². The highest BCUT2D eigenvalue weighted by atomic mass is 16.2. The molecule has 0 saturated carbocycles. The van der Waals surface area contributed by atoms with E-state index in [9.17, 15) is 4.79 Å². The van der Waals surface area contributed by atoms with Crippen LogP contribution >= 0.6 is 0 Å². The number of amides is 1. The maximum Gasteiger partial charge on any atom is 0.275 e. The number of rotatable bonds is 7. The molecule has 1 amide bonds. The van der Waals surface area contributed by atoms with Gasteiger partial charge in [0.05, 0.1) is 17.3 Å². The van der Waals surface area contributed by atoms with Crippen molar-refractivity contribution in [3.05, 3.63) is 102 Å². The second-order valence-corrected chi connectivity index (χ2v) is 8.53. The summed E-state index contributed by atoms with van der Waals surface area (Å²) >= 11 is 0. The van der Waals surface area contributed by atoms with Crippen molar-refractivity contribution in [3.8, 4) is 0 Å². The number of hydrogen-bond donors (Lipinski definition) is 0. The lowest BCUT2D eigenvalue weighted by Crippen LogP contribution is -2.31. The molecule has 3 aromatic heterocycles. The molecule has 5 rings (SSSR count). The van der Waals surface area contributed by atoms with Gasteiger partial charge in [0.25, 0.3) is 5.91 Å². The zero-order valence-corrected chi connectivity index (χ0v) is 19.0. The van der Waals surface area contributed by atoms with Crippen molar-refractivity contribution in [3.63, 3.8) is 0 Å². The van der Waals surface area contributed by atoms with Gasteiger partial charge in [-0.25, -0.2) is 4.98 Å². The first-order valence-corrected chi connectivity index (χ1v) is 11.7. The molecule has 1 fully saturated rings. The maximum absolute atomic E-state index is 13.6. The summed E-state index contributed by atoms with van der Waals surface area (Å²) in [5.74, 6) is 0.920. The molecule has 1 unspecified atom stereocenters.